The molecule has 152 valence electrons. The largest absolute Gasteiger partial charge is 0.484 e. The van der Waals surface area contributed by atoms with Crippen molar-refractivity contribution in [3.05, 3.63) is 35.6 Å². The summed E-state index contributed by atoms with van der Waals surface area (Å²) in [5, 5.41) is 8.29. The molecule has 0 radical (unpaired) electrons. The topological polar surface area (TPSA) is 117 Å². The molecule has 1 atom stereocenters. The molecule has 0 bridgehead atoms. The number of aryl methyl sites for hydroxylation is 1. The van der Waals surface area contributed by atoms with Crippen molar-refractivity contribution in [3.8, 4) is 28.7 Å². The predicted molar refractivity (Wildman–Crippen MR) is 105 cm³/mol. The normalized spacial score (nSPS) is 16.4. The van der Waals surface area contributed by atoms with Crippen LogP contribution in [0.4, 0.5) is 0 Å². The molecule has 1 amide bonds. The Labute approximate surface area is 168 Å². The minimum atomic E-state index is -0.526. The van der Waals surface area contributed by atoms with E-state index in [1.807, 2.05) is 0 Å². The predicted octanol–water partition coefficient (Wildman–Crippen LogP) is 3.41. The molecule has 2 N–H and O–H groups in total. The lowest BCUT2D eigenvalue weighted by Crippen LogP contribution is -2.26. The molecule has 4 rings (SSSR count). The average Bonchev–Trinajstić information content (AvgIpc) is 3.32. The number of ether oxygens (including phenoxy) is 1. The van der Waals surface area contributed by atoms with Crippen molar-refractivity contribution < 1.29 is 18.6 Å². The first-order chi connectivity index (χ1) is 13.8. The Morgan fingerprint density at radius 3 is 2.66 bits per heavy atom. The third-order valence-electron chi connectivity index (χ3n) is 5.39. The zero-order chi connectivity index (χ0) is 20.6. The molecule has 1 unspecified atom stereocenters. The molecule has 1 aliphatic carbocycles. The monoisotopic (exact) mass is 396 g/mol. The SMILES string of the molecule is CC(C)(C)C1CCc2onc(-c3nc(-c4ccc(OCC(N)=O)cc4)no3)c2C1. The van der Waals surface area contributed by atoms with E-state index < -0.39 is 5.91 Å². The van der Waals surface area contributed by atoms with Crippen LogP contribution in [0.3, 0.4) is 0 Å². The fraction of sp³-hybridized carbons (Fsp3) is 0.429. The summed E-state index contributed by atoms with van der Waals surface area (Å²) in [6.07, 6.45) is 2.85. The Morgan fingerprint density at radius 1 is 1.21 bits per heavy atom. The molecular formula is C21H24N4O4. The van der Waals surface area contributed by atoms with Gasteiger partial charge in [0.2, 0.25) is 5.82 Å². The van der Waals surface area contributed by atoms with Crippen molar-refractivity contribution in [1.29, 1.82) is 0 Å². The van der Waals surface area contributed by atoms with Gasteiger partial charge in [-0.1, -0.05) is 31.1 Å². The molecule has 0 aliphatic heterocycles. The van der Waals surface area contributed by atoms with Gasteiger partial charge in [0, 0.05) is 17.5 Å². The number of hydrogen-bond donors (Lipinski definition) is 1. The van der Waals surface area contributed by atoms with Crippen LogP contribution >= 0.6 is 0 Å². The van der Waals surface area contributed by atoms with Crippen LogP contribution in [-0.4, -0.2) is 27.8 Å². The van der Waals surface area contributed by atoms with Crippen LogP contribution in [0.2, 0.25) is 0 Å². The van der Waals surface area contributed by atoms with E-state index in [1.165, 1.54) is 0 Å². The van der Waals surface area contributed by atoms with Gasteiger partial charge in [-0.05, 0) is 48.4 Å². The van der Waals surface area contributed by atoms with Crippen molar-refractivity contribution in [3.63, 3.8) is 0 Å². The Hall–Kier alpha value is -3.16. The van der Waals surface area contributed by atoms with E-state index in [9.17, 15) is 4.79 Å². The van der Waals surface area contributed by atoms with Gasteiger partial charge in [-0.2, -0.15) is 4.98 Å². The van der Waals surface area contributed by atoms with E-state index in [4.69, 9.17) is 19.5 Å². The quantitative estimate of drug-likeness (QED) is 0.702. The number of carbonyl (C=O) groups excluding carboxylic acids is 1. The van der Waals surface area contributed by atoms with Crippen LogP contribution in [0.25, 0.3) is 23.0 Å². The standard InChI is InChI=1S/C21H24N4O4/c1-21(2,3)13-6-9-16-15(10-13)18(24-28-16)20-23-19(25-29-20)12-4-7-14(8-5-12)27-11-17(22)26/h4-5,7-8,13H,6,9-11H2,1-3H3,(H2,22,26). The van der Waals surface area contributed by atoms with Gasteiger partial charge in [0.1, 0.15) is 11.5 Å². The Balaban J connectivity index is 1.55. The van der Waals surface area contributed by atoms with Crippen LogP contribution in [0, 0.1) is 11.3 Å². The Bertz CT molecular complexity index is 1010. The van der Waals surface area contributed by atoms with Gasteiger partial charge in [-0.25, -0.2) is 0 Å². The van der Waals surface area contributed by atoms with Gasteiger partial charge in [-0.3, -0.25) is 4.79 Å². The summed E-state index contributed by atoms with van der Waals surface area (Å²) < 4.78 is 16.3. The lowest BCUT2D eigenvalue weighted by molar-refractivity contribution is -0.119. The van der Waals surface area contributed by atoms with Gasteiger partial charge >= 0.3 is 0 Å². The number of primary amides is 1. The maximum atomic E-state index is 10.8. The number of hydrogen-bond acceptors (Lipinski definition) is 7. The number of aromatic nitrogens is 3. The van der Waals surface area contributed by atoms with Gasteiger partial charge in [0.05, 0.1) is 0 Å². The highest BCUT2D eigenvalue weighted by atomic mass is 16.5. The number of amides is 1. The zero-order valence-electron chi connectivity index (χ0n) is 16.8. The average molecular weight is 396 g/mol. The number of nitrogens with zero attached hydrogens (tertiary/aromatic N) is 3. The Kier molecular flexibility index (Phi) is 4.86. The third-order valence-corrected chi connectivity index (χ3v) is 5.39. The smallest absolute Gasteiger partial charge is 0.280 e. The van der Waals surface area contributed by atoms with Gasteiger partial charge in [0.15, 0.2) is 12.3 Å². The maximum absolute atomic E-state index is 10.8. The maximum Gasteiger partial charge on any atom is 0.280 e. The van der Waals surface area contributed by atoms with Crippen molar-refractivity contribution in [2.24, 2.45) is 17.1 Å². The van der Waals surface area contributed by atoms with Crippen LogP contribution in [-0.2, 0) is 17.6 Å². The van der Waals surface area contributed by atoms with Gasteiger partial charge in [0.25, 0.3) is 11.8 Å². The number of benzene rings is 1. The van der Waals surface area contributed by atoms with E-state index in [1.54, 1.807) is 24.3 Å². The second kappa shape index (κ2) is 7.35. The molecule has 2 heterocycles. The molecular weight excluding hydrogens is 372 g/mol. The molecule has 1 aromatic carbocycles. The molecule has 0 fully saturated rings. The third kappa shape index (κ3) is 4.01. The minimum Gasteiger partial charge on any atom is -0.484 e. The first-order valence-corrected chi connectivity index (χ1v) is 9.64. The summed E-state index contributed by atoms with van der Waals surface area (Å²) in [5.74, 6) is 2.27. The summed E-state index contributed by atoms with van der Waals surface area (Å²) in [6, 6.07) is 7.03. The summed E-state index contributed by atoms with van der Waals surface area (Å²) in [7, 11) is 0. The highest BCUT2D eigenvalue weighted by Crippen LogP contribution is 2.40. The number of fused-ring (bicyclic) bond motifs is 1. The van der Waals surface area contributed by atoms with Crippen LogP contribution in [0.1, 0.15) is 38.5 Å². The molecule has 8 heteroatoms. The lowest BCUT2D eigenvalue weighted by Gasteiger charge is -2.33. The molecule has 1 aliphatic rings. The molecule has 29 heavy (non-hydrogen) atoms. The first-order valence-electron chi connectivity index (χ1n) is 9.64. The van der Waals surface area contributed by atoms with Crippen molar-refractivity contribution in [1.82, 2.24) is 15.3 Å². The van der Waals surface area contributed by atoms with Crippen molar-refractivity contribution >= 4 is 5.91 Å². The summed E-state index contributed by atoms with van der Waals surface area (Å²) >= 11 is 0. The highest BCUT2D eigenvalue weighted by Gasteiger charge is 2.34. The number of carbonyl (C=O) groups is 1. The van der Waals surface area contributed by atoms with E-state index in [2.05, 4.69) is 36.1 Å². The van der Waals surface area contributed by atoms with E-state index >= 15 is 0 Å². The molecule has 0 spiro atoms. The zero-order valence-corrected chi connectivity index (χ0v) is 16.8. The fourth-order valence-electron chi connectivity index (χ4n) is 3.60. The lowest BCUT2D eigenvalue weighted by atomic mass is 9.71. The van der Waals surface area contributed by atoms with Crippen LogP contribution in [0.15, 0.2) is 33.3 Å². The van der Waals surface area contributed by atoms with Crippen LogP contribution in [0.5, 0.6) is 5.75 Å². The van der Waals surface area contributed by atoms with E-state index in [0.717, 1.165) is 36.1 Å². The van der Waals surface area contributed by atoms with Crippen LogP contribution < -0.4 is 10.5 Å². The fourth-order valence-corrected chi connectivity index (χ4v) is 3.60. The molecule has 8 nitrogen and oxygen atoms in total. The van der Waals surface area contributed by atoms with E-state index in [-0.39, 0.29) is 12.0 Å². The van der Waals surface area contributed by atoms with Gasteiger partial charge < -0.3 is 19.5 Å². The Morgan fingerprint density at radius 2 is 1.97 bits per heavy atom. The van der Waals surface area contributed by atoms with Gasteiger partial charge in [-0.15, -0.1) is 0 Å². The van der Waals surface area contributed by atoms with Crippen molar-refractivity contribution in [2.75, 3.05) is 6.61 Å². The number of nitrogens with two attached hydrogens (primary N) is 1. The molecule has 3 aromatic rings. The first kappa shape index (κ1) is 19.2. The summed E-state index contributed by atoms with van der Waals surface area (Å²) in [5.41, 5.74) is 7.76. The highest BCUT2D eigenvalue weighted by molar-refractivity contribution is 5.75. The minimum absolute atomic E-state index is 0.168. The second-order valence-corrected chi connectivity index (χ2v) is 8.44. The number of rotatable bonds is 5. The molecule has 0 saturated carbocycles. The summed E-state index contributed by atoms with van der Waals surface area (Å²) in [4.78, 5) is 15.3. The molecule has 0 saturated heterocycles. The van der Waals surface area contributed by atoms with E-state index in [0.29, 0.717) is 29.1 Å². The van der Waals surface area contributed by atoms with Crippen molar-refractivity contribution in [2.45, 2.75) is 40.0 Å². The molecule has 2 aromatic heterocycles. The summed E-state index contributed by atoms with van der Waals surface area (Å²) in [6.45, 7) is 6.62. The second-order valence-electron chi connectivity index (χ2n) is 8.44.